The smallest absolute Gasteiger partial charge is 0.0263 e. The second kappa shape index (κ2) is 21.7. The van der Waals surface area contributed by atoms with Crippen LogP contribution in [0.25, 0.3) is 6.08 Å². The second-order valence-corrected chi connectivity index (χ2v) is 7.29. The summed E-state index contributed by atoms with van der Waals surface area (Å²) in [5, 5.41) is 0. The minimum Gasteiger partial charge on any atom is -0.103 e. The van der Waals surface area contributed by atoms with E-state index in [1.807, 2.05) is 42.5 Å². The minimum absolute atomic E-state index is 1.17. The Labute approximate surface area is 164 Å². The fraction of sp³-hybridized carbons (Fsp3) is 0.615. The van der Waals surface area contributed by atoms with E-state index in [1.54, 1.807) is 0 Å². The van der Waals surface area contributed by atoms with Crippen molar-refractivity contribution in [2.24, 2.45) is 0 Å². The Bertz CT molecular complexity index is 390. The Kier molecular flexibility index (Phi) is 20.7. The maximum atomic E-state index is 3.76. The van der Waals surface area contributed by atoms with Crippen molar-refractivity contribution in [1.82, 2.24) is 0 Å². The molecule has 0 aliphatic carbocycles. The lowest BCUT2D eigenvalue weighted by molar-refractivity contribution is 0.536. The van der Waals surface area contributed by atoms with Crippen LogP contribution in [-0.4, -0.2) is 0 Å². The molecule has 0 atom stereocenters. The lowest BCUT2D eigenvalue weighted by Gasteiger charge is -2.02. The molecule has 1 aromatic rings. The first-order valence-electron chi connectivity index (χ1n) is 11.1. The van der Waals surface area contributed by atoms with Crippen molar-refractivity contribution in [2.75, 3.05) is 0 Å². The third-order valence-electron chi connectivity index (χ3n) is 4.80. The van der Waals surface area contributed by atoms with E-state index in [0.29, 0.717) is 0 Å². The molecular formula is C26H44. The van der Waals surface area contributed by atoms with Gasteiger partial charge in [0.1, 0.15) is 0 Å². The van der Waals surface area contributed by atoms with E-state index in [1.165, 1.54) is 102 Å². The molecule has 0 aromatic heterocycles. The number of unbranched alkanes of at least 4 members (excludes halogenated alkanes) is 14. The van der Waals surface area contributed by atoms with Crippen molar-refractivity contribution in [3.05, 3.63) is 55.1 Å². The molecule has 0 saturated heterocycles. The number of hydrogen-bond donors (Lipinski definition) is 0. The van der Waals surface area contributed by atoms with Crippen LogP contribution in [0.4, 0.5) is 0 Å². The van der Waals surface area contributed by atoms with Gasteiger partial charge in [0.05, 0.1) is 0 Å². The molecule has 0 N–H and O–H groups in total. The number of allylic oxidation sites excluding steroid dienone is 1. The van der Waals surface area contributed by atoms with Gasteiger partial charge >= 0.3 is 0 Å². The summed E-state index contributed by atoms with van der Waals surface area (Å²) in [6.07, 6.45) is 25.3. The highest BCUT2D eigenvalue weighted by molar-refractivity contribution is 5.45. The van der Waals surface area contributed by atoms with Gasteiger partial charge in [0.25, 0.3) is 0 Å². The Balaban J connectivity index is 0.000000642. The van der Waals surface area contributed by atoms with Gasteiger partial charge in [-0.2, -0.15) is 0 Å². The molecule has 0 nitrogen and oxygen atoms in total. The van der Waals surface area contributed by atoms with Gasteiger partial charge in [-0.05, 0) is 18.4 Å². The van der Waals surface area contributed by atoms with Gasteiger partial charge in [-0.15, -0.1) is 6.58 Å². The predicted molar refractivity (Wildman–Crippen MR) is 122 cm³/mol. The van der Waals surface area contributed by atoms with Gasteiger partial charge in [-0.1, -0.05) is 139 Å². The molecule has 0 radical (unpaired) electrons. The maximum Gasteiger partial charge on any atom is -0.0263 e. The van der Waals surface area contributed by atoms with Crippen molar-refractivity contribution >= 4 is 6.08 Å². The molecule has 0 aliphatic heterocycles. The molecule has 0 spiro atoms. The molecular weight excluding hydrogens is 312 g/mol. The number of hydrogen-bond acceptors (Lipinski definition) is 0. The SMILES string of the molecule is C=CCCCCCCCCCCCCCCCC.C=Cc1ccccc1. The van der Waals surface area contributed by atoms with E-state index in [0.717, 1.165) is 0 Å². The molecule has 0 bridgehead atoms. The highest BCUT2D eigenvalue weighted by Gasteiger charge is 1.93. The highest BCUT2D eigenvalue weighted by atomic mass is 14.0. The van der Waals surface area contributed by atoms with E-state index >= 15 is 0 Å². The monoisotopic (exact) mass is 356 g/mol. The standard InChI is InChI=1S/C18H36.C8H8/c1-3-5-7-9-11-13-15-17-18-16-14-12-10-8-6-4-2;1-2-8-6-4-3-5-7-8/h3H,1,4-18H2,2H3;2-7H,1H2. The van der Waals surface area contributed by atoms with Crippen LogP contribution in [0.1, 0.15) is 109 Å². The highest BCUT2D eigenvalue weighted by Crippen LogP contribution is 2.13. The fourth-order valence-electron chi connectivity index (χ4n) is 3.07. The summed E-state index contributed by atoms with van der Waals surface area (Å²) in [6, 6.07) is 10.0. The predicted octanol–water partition coefficient (Wildman–Crippen LogP) is 9.37. The van der Waals surface area contributed by atoms with E-state index in [-0.39, 0.29) is 0 Å². The van der Waals surface area contributed by atoms with Crippen LogP contribution in [-0.2, 0) is 0 Å². The Morgan fingerprint density at radius 1 is 0.615 bits per heavy atom. The first kappa shape index (κ1) is 24.7. The van der Waals surface area contributed by atoms with Crippen LogP contribution in [0.5, 0.6) is 0 Å². The average Bonchev–Trinajstić information content (AvgIpc) is 2.69. The molecule has 0 amide bonds. The molecule has 0 unspecified atom stereocenters. The second-order valence-electron chi connectivity index (χ2n) is 7.29. The van der Waals surface area contributed by atoms with Crippen LogP contribution in [0.2, 0.25) is 0 Å². The maximum absolute atomic E-state index is 3.76. The quantitative estimate of drug-likeness (QED) is 0.204. The molecule has 148 valence electrons. The normalized spacial score (nSPS) is 10.0. The molecule has 1 rings (SSSR count). The van der Waals surface area contributed by atoms with Crippen LogP contribution in [0.3, 0.4) is 0 Å². The number of rotatable bonds is 16. The Morgan fingerprint density at radius 3 is 1.38 bits per heavy atom. The van der Waals surface area contributed by atoms with Crippen LogP contribution in [0.15, 0.2) is 49.6 Å². The Hall–Kier alpha value is -1.30. The lowest BCUT2D eigenvalue weighted by Crippen LogP contribution is -1.83. The molecule has 0 aliphatic rings. The van der Waals surface area contributed by atoms with Gasteiger partial charge in [0.2, 0.25) is 0 Å². The summed E-state index contributed by atoms with van der Waals surface area (Å²) < 4.78 is 0. The Morgan fingerprint density at radius 2 is 1.04 bits per heavy atom. The zero-order chi connectivity index (χ0) is 19.1. The fourth-order valence-corrected chi connectivity index (χ4v) is 3.07. The average molecular weight is 357 g/mol. The van der Waals surface area contributed by atoms with E-state index in [2.05, 4.69) is 20.1 Å². The molecule has 0 saturated carbocycles. The lowest BCUT2D eigenvalue weighted by atomic mass is 10.0. The first-order valence-corrected chi connectivity index (χ1v) is 11.1. The molecule has 0 heterocycles. The number of benzene rings is 1. The van der Waals surface area contributed by atoms with Gasteiger partial charge in [0, 0.05) is 0 Å². The molecule has 26 heavy (non-hydrogen) atoms. The van der Waals surface area contributed by atoms with Gasteiger partial charge < -0.3 is 0 Å². The topological polar surface area (TPSA) is 0 Å². The van der Waals surface area contributed by atoms with E-state index in [4.69, 9.17) is 0 Å². The minimum atomic E-state index is 1.17. The third-order valence-corrected chi connectivity index (χ3v) is 4.80. The summed E-state index contributed by atoms with van der Waals surface area (Å²) in [5.41, 5.74) is 1.17. The van der Waals surface area contributed by atoms with E-state index < -0.39 is 0 Å². The zero-order valence-electron chi connectivity index (χ0n) is 17.6. The third kappa shape index (κ3) is 19.0. The van der Waals surface area contributed by atoms with Crippen LogP contribution >= 0.6 is 0 Å². The zero-order valence-corrected chi connectivity index (χ0v) is 17.6. The summed E-state index contributed by atoms with van der Waals surface area (Å²) in [4.78, 5) is 0. The summed E-state index contributed by atoms with van der Waals surface area (Å²) in [7, 11) is 0. The van der Waals surface area contributed by atoms with Crippen molar-refractivity contribution in [1.29, 1.82) is 0 Å². The van der Waals surface area contributed by atoms with Gasteiger partial charge in [0.15, 0.2) is 0 Å². The van der Waals surface area contributed by atoms with Crippen LogP contribution in [0, 0.1) is 0 Å². The summed E-state index contributed by atoms with van der Waals surface area (Å²) >= 11 is 0. The van der Waals surface area contributed by atoms with Crippen molar-refractivity contribution < 1.29 is 0 Å². The van der Waals surface area contributed by atoms with Crippen molar-refractivity contribution in [3.8, 4) is 0 Å². The van der Waals surface area contributed by atoms with Crippen LogP contribution < -0.4 is 0 Å². The van der Waals surface area contributed by atoms with Crippen molar-refractivity contribution in [3.63, 3.8) is 0 Å². The molecule has 0 fully saturated rings. The van der Waals surface area contributed by atoms with E-state index in [9.17, 15) is 0 Å². The van der Waals surface area contributed by atoms with Gasteiger partial charge in [-0.3, -0.25) is 0 Å². The summed E-state index contributed by atoms with van der Waals surface area (Å²) in [5.74, 6) is 0. The largest absolute Gasteiger partial charge is 0.103 e. The van der Waals surface area contributed by atoms with Crippen molar-refractivity contribution in [2.45, 2.75) is 103 Å². The molecule has 1 aromatic carbocycles. The molecule has 0 heteroatoms. The summed E-state index contributed by atoms with van der Waals surface area (Å²) in [6.45, 7) is 9.68. The first-order chi connectivity index (χ1) is 12.8. The van der Waals surface area contributed by atoms with Gasteiger partial charge in [-0.25, -0.2) is 0 Å².